The minimum absolute atomic E-state index is 0.163. The van der Waals surface area contributed by atoms with Crippen molar-refractivity contribution in [3.05, 3.63) is 22.9 Å². The minimum Gasteiger partial charge on any atom is -0.456 e. The maximum atomic E-state index is 13.6. The number of halogens is 1. The number of epoxide rings is 1. The number of aliphatic hydroxyl groups is 2. The molecule has 0 aromatic carbocycles. The van der Waals surface area contributed by atoms with Crippen molar-refractivity contribution in [1.29, 1.82) is 0 Å². The predicted octanol–water partition coefficient (Wildman–Crippen LogP) is 4.58. The highest BCUT2D eigenvalue weighted by Crippen LogP contribution is 2.45. The summed E-state index contributed by atoms with van der Waals surface area (Å²) in [5.74, 6) is 1.07. The van der Waals surface area contributed by atoms with Gasteiger partial charge in [0.05, 0.1) is 40.8 Å². The number of aryl methyl sites for hydroxylation is 1. The van der Waals surface area contributed by atoms with E-state index in [4.69, 9.17) is 31.9 Å². The molecule has 3 rings (SSSR count). The molecular formula is C29H40ClNO7. The van der Waals surface area contributed by atoms with Gasteiger partial charge in [0, 0.05) is 25.7 Å². The Labute approximate surface area is 230 Å². The van der Waals surface area contributed by atoms with E-state index in [9.17, 15) is 19.8 Å². The number of rotatable bonds is 4. The molecule has 2 saturated heterocycles. The number of esters is 1. The molecule has 8 nitrogen and oxygen atoms in total. The van der Waals surface area contributed by atoms with Gasteiger partial charge < -0.3 is 24.1 Å². The van der Waals surface area contributed by atoms with Crippen LogP contribution in [0.1, 0.15) is 84.2 Å². The number of carbonyl (C=O) groups is 2. The zero-order valence-corrected chi connectivity index (χ0v) is 23.7. The predicted molar refractivity (Wildman–Crippen MR) is 143 cm³/mol. The Morgan fingerprint density at radius 2 is 2.03 bits per heavy atom. The number of terminal acetylenes is 1. The van der Waals surface area contributed by atoms with Crippen LogP contribution in [0.25, 0.3) is 6.08 Å². The number of Topliss-reactive ketones (excluding diaryl/α,β-unsaturated/α-hetero) is 1. The first kappa shape index (κ1) is 30.4. The summed E-state index contributed by atoms with van der Waals surface area (Å²) < 4.78 is 17.0. The molecule has 0 bridgehead atoms. The summed E-state index contributed by atoms with van der Waals surface area (Å²) in [6.07, 6.45) is 7.98. The number of hydrogen-bond acceptors (Lipinski definition) is 8. The standard InChI is InChI=1S/C29H40ClNO7/c1-7-8-11-20-26(34)17(2)10-9-12-29(6)24(38-29)14-22(21(30)13-19-16-36-18(3)31-19)37-25(33)15-23(32)28(4,5)27(20)35/h1,13,16-17,20,22-24,26,32,34H,8-12,14-15H2,2-6H3. The van der Waals surface area contributed by atoms with E-state index in [0.717, 1.165) is 12.8 Å². The summed E-state index contributed by atoms with van der Waals surface area (Å²) >= 11 is 6.60. The second-order valence-electron chi connectivity index (χ2n) is 11.5. The number of aromatic nitrogens is 1. The first-order valence-electron chi connectivity index (χ1n) is 13.3. The van der Waals surface area contributed by atoms with Gasteiger partial charge in [-0.3, -0.25) is 9.59 Å². The molecule has 2 aliphatic heterocycles. The van der Waals surface area contributed by atoms with Crippen molar-refractivity contribution in [1.82, 2.24) is 4.98 Å². The lowest BCUT2D eigenvalue weighted by molar-refractivity contribution is -0.154. The third-order valence-corrected chi connectivity index (χ3v) is 8.41. The molecule has 38 heavy (non-hydrogen) atoms. The number of ether oxygens (including phenoxy) is 2. The summed E-state index contributed by atoms with van der Waals surface area (Å²) in [5, 5.41) is 22.4. The van der Waals surface area contributed by atoms with Crippen molar-refractivity contribution in [2.24, 2.45) is 17.3 Å². The highest BCUT2D eigenvalue weighted by atomic mass is 35.5. The van der Waals surface area contributed by atoms with E-state index in [-0.39, 0.29) is 22.8 Å². The second-order valence-corrected chi connectivity index (χ2v) is 11.9. The zero-order valence-electron chi connectivity index (χ0n) is 22.9. The van der Waals surface area contributed by atoms with Gasteiger partial charge in [0.25, 0.3) is 0 Å². The maximum absolute atomic E-state index is 13.6. The molecule has 0 spiro atoms. The van der Waals surface area contributed by atoms with Gasteiger partial charge in [0.15, 0.2) is 5.89 Å². The molecule has 7 unspecified atom stereocenters. The molecule has 1 aromatic heterocycles. The Hall–Kier alpha value is -2.18. The van der Waals surface area contributed by atoms with E-state index in [1.807, 2.05) is 13.8 Å². The molecular weight excluding hydrogens is 510 g/mol. The van der Waals surface area contributed by atoms with Gasteiger partial charge in [-0.15, -0.1) is 12.3 Å². The Kier molecular flexibility index (Phi) is 9.86. The van der Waals surface area contributed by atoms with Crippen molar-refractivity contribution < 1.29 is 33.7 Å². The van der Waals surface area contributed by atoms with E-state index in [0.29, 0.717) is 37.3 Å². The van der Waals surface area contributed by atoms with Crippen LogP contribution in [-0.4, -0.2) is 57.0 Å². The lowest BCUT2D eigenvalue weighted by atomic mass is 9.71. The van der Waals surface area contributed by atoms with E-state index in [1.54, 1.807) is 26.8 Å². The summed E-state index contributed by atoms with van der Waals surface area (Å²) in [5.41, 5.74) is -1.23. The third-order valence-electron chi connectivity index (χ3n) is 8.06. The number of hydrogen-bond donors (Lipinski definition) is 2. The van der Waals surface area contributed by atoms with E-state index in [2.05, 4.69) is 10.9 Å². The quantitative estimate of drug-likeness (QED) is 0.318. The molecule has 210 valence electrons. The van der Waals surface area contributed by atoms with Gasteiger partial charge in [-0.25, -0.2) is 4.98 Å². The molecule has 0 saturated carbocycles. The highest BCUT2D eigenvalue weighted by molar-refractivity contribution is 6.32. The smallest absolute Gasteiger partial charge is 0.309 e. The number of ketones is 1. The molecule has 1 aromatic rings. The van der Waals surface area contributed by atoms with E-state index in [1.165, 1.54) is 6.26 Å². The molecule has 7 atom stereocenters. The fraction of sp³-hybridized carbons (Fsp3) is 0.690. The number of cyclic esters (lactones) is 1. The van der Waals surface area contributed by atoms with Gasteiger partial charge in [0.1, 0.15) is 23.8 Å². The average Bonchev–Trinajstić information content (AvgIpc) is 3.29. The van der Waals surface area contributed by atoms with Gasteiger partial charge in [-0.05, 0) is 38.2 Å². The molecule has 2 aliphatic rings. The van der Waals surface area contributed by atoms with Gasteiger partial charge in [0.2, 0.25) is 0 Å². The fourth-order valence-corrected chi connectivity index (χ4v) is 5.45. The first-order chi connectivity index (χ1) is 17.8. The van der Waals surface area contributed by atoms with Crippen LogP contribution in [0.3, 0.4) is 0 Å². The molecule has 2 fully saturated rings. The average molecular weight is 550 g/mol. The van der Waals surface area contributed by atoms with Crippen molar-refractivity contribution in [2.75, 3.05) is 0 Å². The van der Waals surface area contributed by atoms with Crippen LogP contribution in [0.2, 0.25) is 0 Å². The van der Waals surface area contributed by atoms with E-state index < -0.39 is 47.6 Å². The Morgan fingerprint density at radius 1 is 1.32 bits per heavy atom. The molecule has 0 aliphatic carbocycles. The number of nitrogens with zero attached hydrogens (tertiary/aromatic N) is 1. The summed E-state index contributed by atoms with van der Waals surface area (Å²) in [7, 11) is 0. The summed E-state index contributed by atoms with van der Waals surface area (Å²) in [6, 6.07) is 0. The second kappa shape index (κ2) is 12.3. The zero-order chi connectivity index (χ0) is 28.3. The van der Waals surface area contributed by atoms with Crippen LogP contribution < -0.4 is 0 Å². The van der Waals surface area contributed by atoms with Gasteiger partial charge >= 0.3 is 5.97 Å². The highest BCUT2D eigenvalue weighted by Gasteiger charge is 2.53. The van der Waals surface area contributed by atoms with Crippen LogP contribution >= 0.6 is 11.6 Å². The van der Waals surface area contributed by atoms with E-state index >= 15 is 0 Å². The number of carbonyl (C=O) groups excluding carboxylic acids is 2. The van der Waals surface area contributed by atoms with Crippen LogP contribution in [0.4, 0.5) is 0 Å². The first-order valence-corrected chi connectivity index (χ1v) is 13.7. The lowest BCUT2D eigenvalue weighted by Crippen LogP contribution is -2.46. The Bertz CT molecular complexity index is 1070. The molecule has 0 radical (unpaired) electrons. The molecule has 9 heteroatoms. The van der Waals surface area contributed by atoms with Crippen molar-refractivity contribution in [3.8, 4) is 12.3 Å². The third kappa shape index (κ3) is 7.26. The molecule has 3 heterocycles. The minimum atomic E-state index is -1.34. The van der Waals surface area contributed by atoms with Crippen LogP contribution in [-0.2, 0) is 19.1 Å². The monoisotopic (exact) mass is 549 g/mol. The summed E-state index contributed by atoms with van der Waals surface area (Å²) in [6.45, 7) is 8.80. The normalized spacial score (nSPS) is 35.2. The Morgan fingerprint density at radius 3 is 2.66 bits per heavy atom. The van der Waals surface area contributed by atoms with Gasteiger partial charge in [-0.1, -0.05) is 38.8 Å². The van der Waals surface area contributed by atoms with Crippen LogP contribution in [0, 0.1) is 36.5 Å². The van der Waals surface area contributed by atoms with Crippen molar-refractivity contribution in [3.63, 3.8) is 0 Å². The van der Waals surface area contributed by atoms with Crippen LogP contribution in [0.5, 0.6) is 0 Å². The van der Waals surface area contributed by atoms with Crippen molar-refractivity contribution >= 4 is 29.4 Å². The largest absolute Gasteiger partial charge is 0.456 e. The molecule has 0 amide bonds. The maximum Gasteiger partial charge on any atom is 0.309 e. The Balaban J connectivity index is 1.88. The number of aliphatic hydroxyl groups excluding tert-OH is 2. The van der Waals surface area contributed by atoms with Crippen LogP contribution in [0.15, 0.2) is 15.7 Å². The lowest BCUT2D eigenvalue weighted by Gasteiger charge is -2.36. The van der Waals surface area contributed by atoms with Crippen molar-refractivity contribution in [2.45, 2.75) is 110 Å². The SMILES string of the molecule is C#CCCC1C(=O)C(C)(C)C(O)CC(=O)OC(C(Cl)=Cc2coc(C)n2)CC2OC2(C)CCCC(C)C1O. The molecule has 2 N–H and O–H groups in total. The fourth-order valence-electron chi connectivity index (χ4n) is 5.20. The summed E-state index contributed by atoms with van der Waals surface area (Å²) in [4.78, 5) is 30.8. The number of oxazole rings is 1. The number of fused-ring (bicyclic) bond motifs is 1. The van der Waals surface area contributed by atoms with Gasteiger partial charge in [-0.2, -0.15) is 0 Å². The topological polar surface area (TPSA) is 122 Å².